The number of halogens is 1. The summed E-state index contributed by atoms with van der Waals surface area (Å²) in [6.45, 7) is 6.36. The van der Waals surface area contributed by atoms with Crippen LogP contribution in [-0.2, 0) is 18.8 Å². The molecular formula is C36H37FNO+. The molecule has 0 saturated heterocycles. The van der Waals surface area contributed by atoms with Gasteiger partial charge in [-0.3, -0.25) is 0 Å². The average Bonchev–Trinajstić information content (AvgIpc) is 3.55. The van der Waals surface area contributed by atoms with Gasteiger partial charge in [0, 0.05) is 27.0 Å². The summed E-state index contributed by atoms with van der Waals surface area (Å²) in [5.74, 6) is -1.26. The number of benzene rings is 3. The molecule has 0 spiro atoms. The van der Waals surface area contributed by atoms with Gasteiger partial charge < -0.3 is 4.42 Å². The third kappa shape index (κ3) is 3.84. The Morgan fingerprint density at radius 1 is 0.974 bits per heavy atom. The zero-order chi connectivity index (χ0) is 29.6. The summed E-state index contributed by atoms with van der Waals surface area (Å²) < 4.78 is 52.4. The van der Waals surface area contributed by atoms with Gasteiger partial charge in [0.2, 0.25) is 5.69 Å². The molecule has 1 fully saturated rings. The molecule has 2 aliphatic carbocycles. The Bertz CT molecular complexity index is 1900. The highest BCUT2D eigenvalue weighted by Crippen LogP contribution is 2.48. The number of rotatable bonds is 3. The maximum Gasteiger partial charge on any atom is 0.216 e. The van der Waals surface area contributed by atoms with E-state index in [2.05, 4.69) is 43.5 Å². The first-order chi connectivity index (χ1) is 19.9. The maximum atomic E-state index is 16.1. The molecule has 3 aromatic carbocycles. The van der Waals surface area contributed by atoms with Crippen molar-refractivity contribution in [2.75, 3.05) is 0 Å². The molecule has 198 valence electrons. The van der Waals surface area contributed by atoms with E-state index in [9.17, 15) is 1.37 Å². The van der Waals surface area contributed by atoms with Gasteiger partial charge in [-0.25, -0.2) is 8.96 Å². The fraction of sp³-hybridized carbons (Fsp3) is 0.361. The lowest BCUT2D eigenvalue weighted by atomic mass is 9.69. The molecule has 3 heteroatoms. The molecule has 0 unspecified atom stereocenters. The number of aryl methyl sites for hydroxylation is 2. The second-order valence-electron chi connectivity index (χ2n) is 12.0. The summed E-state index contributed by atoms with van der Waals surface area (Å²) in [4.78, 5) is 0. The highest BCUT2D eigenvalue weighted by Gasteiger charge is 2.33. The highest BCUT2D eigenvalue weighted by atomic mass is 19.1. The summed E-state index contributed by atoms with van der Waals surface area (Å²) in [6.07, 6.45) is 4.85. The number of hydrogen-bond acceptors (Lipinski definition) is 1. The average molecular weight is 522 g/mol. The van der Waals surface area contributed by atoms with E-state index in [0.29, 0.717) is 48.0 Å². The van der Waals surface area contributed by atoms with Crippen LogP contribution in [0.15, 0.2) is 65.2 Å². The van der Waals surface area contributed by atoms with E-state index < -0.39 is 12.3 Å². The number of pyridine rings is 1. The Labute approximate surface area is 234 Å². The standard InChI is InChI=1S/C36H37FNO/c1-22-14-15-26-27-16-17-30(37)33(35(27)39-34(26)32(22)31-13-7-8-19-38(31)4)24-20-28(23-10-5-6-11-23)25-12-9-18-36(2,3)29(25)21-24/h7-8,13-17,19-21,23H,5-6,9-12,18H2,1-4H3/q+1/i12D2,23D. The van der Waals surface area contributed by atoms with Gasteiger partial charge in [-0.1, -0.05) is 51.0 Å². The van der Waals surface area contributed by atoms with E-state index in [-0.39, 0.29) is 11.2 Å². The van der Waals surface area contributed by atoms with Crippen molar-refractivity contribution < 1.29 is 17.5 Å². The van der Waals surface area contributed by atoms with Crippen LogP contribution in [0.5, 0.6) is 0 Å². The molecule has 0 atom stereocenters. The summed E-state index contributed by atoms with van der Waals surface area (Å²) >= 11 is 0. The van der Waals surface area contributed by atoms with Crippen molar-refractivity contribution in [2.45, 2.75) is 77.0 Å². The Morgan fingerprint density at radius 3 is 2.49 bits per heavy atom. The fourth-order valence-corrected chi connectivity index (χ4v) is 6.84. The van der Waals surface area contributed by atoms with Crippen LogP contribution in [0.3, 0.4) is 0 Å². The summed E-state index contributed by atoms with van der Waals surface area (Å²) in [7, 11) is 2.01. The third-order valence-corrected chi connectivity index (χ3v) is 9.07. The van der Waals surface area contributed by atoms with E-state index in [1.54, 1.807) is 6.07 Å². The fourth-order valence-electron chi connectivity index (χ4n) is 6.84. The van der Waals surface area contributed by atoms with Crippen LogP contribution >= 0.6 is 0 Å². The van der Waals surface area contributed by atoms with Crippen molar-refractivity contribution in [1.82, 2.24) is 0 Å². The van der Waals surface area contributed by atoms with Crippen molar-refractivity contribution >= 4 is 21.9 Å². The predicted octanol–water partition coefficient (Wildman–Crippen LogP) is 9.46. The van der Waals surface area contributed by atoms with E-state index in [4.69, 9.17) is 7.16 Å². The number of aromatic nitrogens is 1. The van der Waals surface area contributed by atoms with Gasteiger partial charge in [0.25, 0.3) is 0 Å². The van der Waals surface area contributed by atoms with Crippen molar-refractivity contribution in [3.8, 4) is 22.4 Å². The zero-order valence-electron chi connectivity index (χ0n) is 26.2. The SMILES string of the molecule is [2H]C1([2H])CCC(C)(C)c2cc(-c3c(F)ccc4c3oc3c(-c5cccc[n+]5C)c(C)ccc34)cc(C3([2H])CCCC3)c21. The van der Waals surface area contributed by atoms with Gasteiger partial charge in [0.15, 0.2) is 6.20 Å². The Kier molecular flexibility index (Phi) is 4.96. The molecular weight excluding hydrogens is 481 g/mol. The molecule has 2 heterocycles. The molecule has 0 radical (unpaired) electrons. The number of furan rings is 1. The molecule has 2 aromatic heterocycles. The lowest BCUT2D eigenvalue weighted by molar-refractivity contribution is -0.660. The van der Waals surface area contributed by atoms with Crippen molar-refractivity contribution in [3.05, 3.63) is 88.9 Å². The lowest BCUT2D eigenvalue weighted by Crippen LogP contribution is -2.30. The molecule has 2 nitrogen and oxygen atoms in total. The van der Waals surface area contributed by atoms with Gasteiger partial charge in [0.1, 0.15) is 24.0 Å². The number of hydrogen-bond donors (Lipinski definition) is 0. The highest BCUT2D eigenvalue weighted by molar-refractivity contribution is 6.13. The molecule has 0 bridgehead atoms. The van der Waals surface area contributed by atoms with Gasteiger partial charge in [-0.15, -0.1) is 0 Å². The molecule has 39 heavy (non-hydrogen) atoms. The first-order valence-corrected chi connectivity index (χ1v) is 14.2. The maximum absolute atomic E-state index is 16.1. The van der Waals surface area contributed by atoms with Gasteiger partial charge in [-0.05, 0) is 96.3 Å². The summed E-state index contributed by atoms with van der Waals surface area (Å²) in [5.41, 5.74) is 7.31. The van der Waals surface area contributed by atoms with Crippen LogP contribution in [0.4, 0.5) is 4.39 Å². The minimum absolute atomic E-state index is 0.300. The first-order valence-electron chi connectivity index (χ1n) is 15.7. The lowest BCUT2D eigenvalue weighted by Gasteiger charge is -2.35. The Hall–Kier alpha value is -3.46. The summed E-state index contributed by atoms with van der Waals surface area (Å²) in [5, 5.41) is 1.77. The Morgan fingerprint density at radius 2 is 1.72 bits per heavy atom. The minimum atomic E-state index is -1.53. The predicted molar refractivity (Wildman–Crippen MR) is 158 cm³/mol. The largest absolute Gasteiger partial charge is 0.454 e. The topological polar surface area (TPSA) is 17.0 Å². The van der Waals surface area contributed by atoms with Crippen LogP contribution in [0.25, 0.3) is 44.3 Å². The van der Waals surface area contributed by atoms with Crippen molar-refractivity contribution in [2.24, 2.45) is 7.05 Å². The second kappa shape index (κ2) is 9.05. The third-order valence-electron chi connectivity index (χ3n) is 9.07. The van der Waals surface area contributed by atoms with E-state index in [0.717, 1.165) is 57.1 Å². The molecule has 2 aliphatic rings. The van der Waals surface area contributed by atoms with Crippen LogP contribution in [0.1, 0.15) is 84.6 Å². The number of nitrogens with zero attached hydrogens (tertiary/aromatic N) is 1. The van der Waals surface area contributed by atoms with Crippen molar-refractivity contribution in [1.29, 1.82) is 0 Å². The van der Waals surface area contributed by atoms with E-state index in [1.165, 1.54) is 6.07 Å². The van der Waals surface area contributed by atoms with Crippen LogP contribution < -0.4 is 4.57 Å². The van der Waals surface area contributed by atoms with Crippen LogP contribution in [0.2, 0.25) is 0 Å². The molecule has 0 N–H and O–H groups in total. The molecule has 0 aliphatic heterocycles. The smallest absolute Gasteiger partial charge is 0.216 e. The van der Waals surface area contributed by atoms with Crippen molar-refractivity contribution in [3.63, 3.8) is 0 Å². The van der Waals surface area contributed by atoms with Gasteiger partial charge in [-0.2, -0.15) is 0 Å². The van der Waals surface area contributed by atoms with Crippen LogP contribution in [0, 0.1) is 12.7 Å². The molecule has 1 saturated carbocycles. The molecule has 0 amide bonds. The second-order valence-corrected chi connectivity index (χ2v) is 12.0. The van der Waals surface area contributed by atoms with Gasteiger partial charge >= 0.3 is 0 Å². The molecule has 5 aromatic rings. The quantitative estimate of drug-likeness (QED) is 0.216. The van der Waals surface area contributed by atoms with Gasteiger partial charge in [0.05, 0.1) is 11.1 Å². The zero-order valence-corrected chi connectivity index (χ0v) is 23.2. The normalized spacial score (nSPS) is 20.5. The van der Waals surface area contributed by atoms with E-state index >= 15 is 4.39 Å². The summed E-state index contributed by atoms with van der Waals surface area (Å²) in [6, 6.07) is 17.4. The van der Waals surface area contributed by atoms with E-state index in [1.807, 2.05) is 37.5 Å². The Balaban J connectivity index is 1.56. The minimum Gasteiger partial charge on any atom is -0.454 e. The molecule has 7 rings (SSSR count). The monoisotopic (exact) mass is 521 g/mol. The van der Waals surface area contributed by atoms with Crippen LogP contribution in [-0.4, -0.2) is 0 Å². The number of fused-ring (bicyclic) bond motifs is 4. The first kappa shape index (κ1) is 21.4.